The van der Waals surface area contributed by atoms with Gasteiger partial charge in [-0.3, -0.25) is 9.59 Å². The van der Waals surface area contributed by atoms with E-state index in [1.165, 1.54) is 0 Å². The topological polar surface area (TPSA) is 102 Å². The van der Waals surface area contributed by atoms with Crippen molar-refractivity contribution in [2.75, 3.05) is 11.9 Å². The van der Waals surface area contributed by atoms with Gasteiger partial charge in [0.1, 0.15) is 5.56 Å². The number of carbonyl (C=O) groups is 3. The number of benzene rings is 2. The zero-order valence-corrected chi connectivity index (χ0v) is 17.9. The predicted molar refractivity (Wildman–Crippen MR) is 119 cm³/mol. The van der Waals surface area contributed by atoms with E-state index in [9.17, 15) is 14.4 Å². The van der Waals surface area contributed by atoms with Crippen molar-refractivity contribution < 1.29 is 19.1 Å². The second-order valence-corrected chi connectivity index (χ2v) is 7.71. The highest BCUT2D eigenvalue weighted by Crippen LogP contribution is 2.22. The molecule has 1 aliphatic carbocycles. The van der Waals surface area contributed by atoms with E-state index in [-0.39, 0.29) is 11.9 Å². The number of hydrogen-bond acceptors (Lipinski definition) is 5. The third-order valence-corrected chi connectivity index (χ3v) is 5.19. The van der Waals surface area contributed by atoms with Crippen molar-refractivity contribution in [3.05, 3.63) is 77.1 Å². The van der Waals surface area contributed by atoms with E-state index in [1.54, 1.807) is 42.8 Å². The Kier molecular flexibility index (Phi) is 6.02. The van der Waals surface area contributed by atoms with Gasteiger partial charge >= 0.3 is 5.97 Å². The summed E-state index contributed by atoms with van der Waals surface area (Å²) in [6, 6.07) is 16.4. The molecule has 1 heterocycles. The Morgan fingerprint density at radius 2 is 1.72 bits per heavy atom. The van der Waals surface area contributed by atoms with Crippen molar-refractivity contribution in [1.29, 1.82) is 0 Å². The van der Waals surface area contributed by atoms with Gasteiger partial charge in [-0.1, -0.05) is 30.3 Å². The van der Waals surface area contributed by atoms with Gasteiger partial charge in [0.25, 0.3) is 11.8 Å². The van der Waals surface area contributed by atoms with Crippen LogP contribution < -0.4 is 10.6 Å². The van der Waals surface area contributed by atoms with Gasteiger partial charge in [0.15, 0.2) is 6.61 Å². The minimum atomic E-state index is -0.628. The number of carbonyl (C=O) groups excluding carboxylic acids is 3. The van der Waals surface area contributed by atoms with Crippen molar-refractivity contribution in [2.24, 2.45) is 0 Å². The van der Waals surface area contributed by atoms with E-state index in [4.69, 9.17) is 4.74 Å². The molecule has 32 heavy (non-hydrogen) atoms. The molecule has 0 bridgehead atoms. The highest BCUT2D eigenvalue weighted by molar-refractivity contribution is 6.04. The smallest absolute Gasteiger partial charge is 0.342 e. The number of aryl methyl sites for hydroxylation is 1. The van der Waals surface area contributed by atoms with Crippen LogP contribution in [0.25, 0.3) is 5.69 Å². The summed E-state index contributed by atoms with van der Waals surface area (Å²) in [6.07, 6.45) is 1.94. The Morgan fingerprint density at radius 3 is 2.44 bits per heavy atom. The fourth-order valence-electron chi connectivity index (χ4n) is 3.43. The molecule has 1 saturated carbocycles. The van der Waals surface area contributed by atoms with E-state index in [1.807, 2.05) is 30.3 Å². The quantitative estimate of drug-likeness (QED) is 0.559. The standard InChI is InChI=1S/C24H24N4O4/c1-15-22(16(2)28(27-15)18-8-4-3-5-9-18)24(31)32-14-21(29)26-20-11-7-6-10-19(20)23(30)25-17-12-13-17/h3-11,17H,12-14H2,1-2H3,(H,25,30)(H,26,29). The number of ether oxygens (including phenoxy) is 1. The second kappa shape index (κ2) is 9.05. The Bertz CT molecular complexity index is 1170. The zero-order chi connectivity index (χ0) is 22.7. The molecule has 2 amide bonds. The summed E-state index contributed by atoms with van der Waals surface area (Å²) in [5, 5.41) is 9.98. The minimum Gasteiger partial charge on any atom is -0.452 e. The fourth-order valence-corrected chi connectivity index (χ4v) is 3.43. The molecule has 0 atom stereocenters. The number of amides is 2. The van der Waals surface area contributed by atoms with Gasteiger partial charge in [-0.2, -0.15) is 5.10 Å². The summed E-state index contributed by atoms with van der Waals surface area (Å²) in [6.45, 7) is 3.02. The number of esters is 1. The molecule has 164 valence electrons. The van der Waals surface area contributed by atoms with Gasteiger partial charge in [-0.25, -0.2) is 9.48 Å². The molecule has 1 aromatic heterocycles. The van der Waals surface area contributed by atoms with Crippen LogP contribution in [0.5, 0.6) is 0 Å². The van der Waals surface area contributed by atoms with E-state index >= 15 is 0 Å². The Labute approximate surface area is 185 Å². The number of aromatic nitrogens is 2. The summed E-state index contributed by atoms with van der Waals surface area (Å²) in [5.74, 6) is -1.40. The molecule has 2 N–H and O–H groups in total. The van der Waals surface area contributed by atoms with Crippen LogP contribution in [0.15, 0.2) is 54.6 Å². The minimum absolute atomic E-state index is 0.204. The molecule has 8 nitrogen and oxygen atoms in total. The molecule has 0 saturated heterocycles. The lowest BCUT2D eigenvalue weighted by molar-refractivity contribution is -0.119. The number of rotatable bonds is 7. The van der Waals surface area contributed by atoms with Crippen LogP contribution >= 0.6 is 0 Å². The molecule has 8 heteroatoms. The summed E-state index contributed by atoms with van der Waals surface area (Å²) in [4.78, 5) is 37.5. The summed E-state index contributed by atoms with van der Waals surface area (Å²) < 4.78 is 6.91. The van der Waals surface area contributed by atoms with Crippen LogP contribution in [0.1, 0.15) is 44.9 Å². The lowest BCUT2D eigenvalue weighted by atomic mass is 10.1. The maximum atomic E-state index is 12.7. The van der Waals surface area contributed by atoms with Crippen LogP contribution in [0.3, 0.4) is 0 Å². The molecule has 1 aliphatic rings. The Morgan fingerprint density at radius 1 is 1.03 bits per heavy atom. The summed E-state index contributed by atoms with van der Waals surface area (Å²) >= 11 is 0. The van der Waals surface area contributed by atoms with E-state index in [0.717, 1.165) is 18.5 Å². The van der Waals surface area contributed by atoms with E-state index < -0.39 is 18.5 Å². The molecule has 2 aromatic carbocycles. The van der Waals surface area contributed by atoms with Crippen molar-refractivity contribution >= 4 is 23.5 Å². The van der Waals surface area contributed by atoms with Gasteiger partial charge in [0.05, 0.1) is 28.3 Å². The Hall–Kier alpha value is -3.94. The lowest BCUT2D eigenvalue weighted by Crippen LogP contribution is -2.28. The van der Waals surface area contributed by atoms with Gasteiger partial charge in [0.2, 0.25) is 0 Å². The monoisotopic (exact) mass is 432 g/mol. The van der Waals surface area contributed by atoms with Crippen molar-refractivity contribution in [1.82, 2.24) is 15.1 Å². The zero-order valence-electron chi connectivity index (χ0n) is 17.9. The Balaban J connectivity index is 1.41. The van der Waals surface area contributed by atoms with Gasteiger partial charge in [-0.15, -0.1) is 0 Å². The molecule has 0 unspecified atom stereocenters. The van der Waals surface area contributed by atoms with Crippen molar-refractivity contribution in [3.8, 4) is 5.69 Å². The summed E-state index contributed by atoms with van der Waals surface area (Å²) in [5.41, 5.74) is 3.03. The van der Waals surface area contributed by atoms with E-state index in [0.29, 0.717) is 28.2 Å². The molecule has 1 fully saturated rings. The van der Waals surface area contributed by atoms with Crippen LogP contribution in [-0.2, 0) is 9.53 Å². The largest absolute Gasteiger partial charge is 0.452 e. The first-order valence-electron chi connectivity index (χ1n) is 10.4. The van der Waals surface area contributed by atoms with Gasteiger partial charge in [-0.05, 0) is 51.0 Å². The first-order valence-corrected chi connectivity index (χ1v) is 10.4. The van der Waals surface area contributed by atoms with Crippen molar-refractivity contribution in [2.45, 2.75) is 32.7 Å². The van der Waals surface area contributed by atoms with Gasteiger partial charge < -0.3 is 15.4 Å². The van der Waals surface area contributed by atoms with Gasteiger partial charge in [0, 0.05) is 6.04 Å². The molecular weight excluding hydrogens is 408 g/mol. The number of para-hydroxylation sites is 2. The molecule has 3 aromatic rings. The number of hydrogen-bond donors (Lipinski definition) is 2. The predicted octanol–water partition coefficient (Wildman–Crippen LogP) is 3.18. The first-order chi connectivity index (χ1) is 15.4. The maximum Gasteiger partial charge on any atom is 0.342 e. The number of anilines is 1. The molecule has 0 spiro atoms. The highest BCUT2D eigenvalue weighted by atomic mass is 16.5. The third-order valence-electron chi connectivity index (χ3n) is 5.19. The lowest BCUT2D eigenvalue weighted by Gasteiger charge is -2.11. The average molecular weight is 432 g/mol. The highest BCUT2D eigenvalue weighted by Gasteiger charge is 2.25. The number of nitrogens with zero attached hydrogens (tertiary/aromatic N) is 2. The van der Waals surface area contributed by atoms with E-state index in [2.05, 4.69) is 15.7 Å². The summed E-state index contributed by atoms with van der Waals surface area (Å²) in [7, 11) is 0. The third kappa shape index (κ3) is 4.69. The second-order valence-electron chi connectivity index (χ2n) is 7.71. The SMILES string of the molecule is Cc1nn(-c2ccccc2)c(C)c1C(=O)OCC(=O)Nc1ccccc1C(=O)NC1CC1. The fraction of sp³-hybridized carbons (Fsp3) is 0.250. The molecule has 0 aliphatic heterocycles. The first kappa shape index (κ1) is 21.3. The molecular formula is C24H24N4O4. The maximum absolute atomic E-state index is 12.7. The van der Waals surface area contributed by atoms with Crippen LogP contribution in [-0.4, -0.2) is 40.2 Å². The number of nitrogens with one attached hydrogen (secondary N) is 2. The van der Waals surface area contributed by atoms with Crippen molar-refractivity contribution in [3.63, 3.8) is 0 Å². The molecule has 0 radical (unpaired) electrons. The normalized spacial score (nSPS) is 12.8. The average Bonchev–Trinajstić information content (AvgIpc) is 3.55. The van der Waals surface area contributed by atoms with Crippen LogP contribution in [0, 0.1) is 13.8 Å². The van der Waals surface area contributed by atoms with Crippen LogP contribution in [0.2, 0.25) is 0 Å². The molecule has 4 rings (SSSR count). The van der Waals surface area contributed by atoms with Crippen LogP contribution in [0.4, 0.5) is 5.69 Å².